The van der Waals surface area contributed by atoms with Crippen LogP contribution in [0.5, 0.6) is 5.75 Å². The first-order valence-corrected chi connectivity index (χ1v) is 7.79. The Bertz CT molecular complexity index is 712. The highest BCUT2D eigenvalue weighted by molar-refractivity contribution is 6.28. The fourth-order valence-corrected chi connectivity index (χ4v) is 2.48. The van der Waals surface area contributed by atoms with Crippen LogP contribution in [0.1, 0.15) is 25.8 Å². The number of hydrogen-bond donors (Lipinski definition) is 1. The van der Waals surface area contributed by atoms with Gasteiger partial charge in [0.25, 0.3) is 0 Å². The number of aromatic nitrogens is 2. The second kappa shape index (κ2) is 7.91. The van der Waals surface area contributed by atoms with Crippen molar-refractivity contribution in [2.75, 3.05) is 6.61 Å². The minimum Gasteiger partial charge on any atom is -0.492 e. The van der Waals surface area contributed by atoms with Crippen molar-refractivity contribution in [3.63, 3.8) is 0 Å². The molecule has 6 heteroatoms. The highest BCUT2D eigenvalue weighted by Gasteiger charge is 2.11. The lowest BCUT2D eigenvalue weighted by Crippen LogP contribution is -2.21. The molecule has 1 heterocycles. The number of rotatable bonds is 6. The minimum atomic E-state index is 0.133. The van der Waals surface area contributed by atoms with Crippen molar-refractivity contribution in [3.05, 3.63) is 41.3 Å². The molecule has 2 aromatic rings. The quantitative estimate of drug-likeness (QED) is 0.820. The lowest BCUT2D eigenvalue weighted by Gasteiger charge is -2.16. The van der Waals surface area contributed by atoms with Gasteiger partial charge in [0, 0.05) is 17.8 Å². The van der Waals surface area contributed by atoms with Crippen molar-refractivity contribution in [1.82, 2.24) is 9.97 Å². The number of benzene rings is 1. The van der Waals surface area contributed by atoms with Crippen LogP contribution in [-0.4, -0.2) is 22.6 Å². The monoisotopic (exact) mass is 330 g/mol. The molecule has 2 rings (SSSR count). The molecule has 1 aromatic carbocycles. The van der Waals surface area contributed by atoms with Crippen molar-refractivity contribution in [2.45, 2.75) is 26.3 Å². The van der Waals surface area contributed by atoms with Crippen molar-refractivity contribution in [3.8, 4) is 23.1 Å². The van der Waals surface area contributed by atoms with E-state index in [2.05, 4.69) is 23.0 Å². The Labute approximate surface area is 141 Å². The summed E-state index contributed by atoms with van der Waals surface area (Å²) in [4.78, 5) is 8.00. The van der Waals surface area contributed by atoms with Gasteiger partial charge in [0.2, 0.25) is 5.28 Å². The lowest BCUT2D eigenvalue weighted by atomic mass is 10.0. The molecule has 0 radical (unpaired) electrons. The SMILES string of the molecule is CC(N)CC(C)COc1ccc(-c2ccnc(Cl)n2)cc1C#N. The van der Waals surface area contributed by atoms with Crippen LogP contribution >= 0.6 is 11.6 Å². The summed E-state index contributed by atoms with van der Waals surface area (Å²) in [6, 6.07) is 9.41. The molecule has 0 bridgehead atoms. The number of nitriles is 1. The standard InChI is InChI=1S/C17H19ClN4O/c1-11(7-12(2)20)10-23-16-4-3-13(8-14(16)9-19)15-5-6-21-17(18)22-15/h3-6,8,11-12H,7,10,20H2,1-2H3. The number of nitrogens with zero attached hydrogens (tertiary/aromatic N) is 3. The first-order valence-electron chi connectivity index (χ1n) is 7.41. The average Bonchev–Trinajstić information content (AvgIpc) is 2.52. The molecular formula is C17H19ClN4O. The van der Waals surface area contributed by atoms with Crippen LogP contribution in [0.15, 0.2) is 30.5 Å². The van der Waals surface area contributed by atoms with Gasteiger partial charge >= 0.3 is 0 Å². The molecule has 0 saturated carbocycles. The maximum absolute atomic E-state index is 9.35. The van der Waals surface area contributed by atoms with Crippen LogP contribution in [0, 0.1) is 17.2 Å². The Kier molecular flexibility index (Phi) is 5.91. The lowest BCUT2D eigenvalue weighted by molar-refractivity contribution is 0.246. The molecule has 2 unspecified atom stereocenters. The van der Waals surface area contributed by atoms with Gasteiger partial charge in [-0.2, -0.15) is 5.26 Å². The third-order valence-corrected chi connectivity index (χ3v) is 3.50. The van der Waals surface area contributed by atoms with Gasteiger partial charge in [-0.3, -0.25) is 0 Å². The second-order valence-corrected chi connectivity index (χ2v) is 6.00. The van der Waals surface area contributed by atoms with E-state index >= 15 is 0 Å². The predicted molar refractivity (Wildman–Crippen MR) is 90.1 cm³/mol. The Hall–Kier alpha value is -2.16. The zero-order chi connectivity index (χ0) is 16.8. The zero-order valence-corrected chi connectivity index (χ0v) is 13.9. The van der Waals surface area contributed by atoms with Crippen molar-refractivity contribution < 1.29 is 4.74 Å². The van der Waals surface area contributed by atoms with Crippen LogP contribution in [0.4, 0.5) is 0 Å². The summed E-state index contributed by atoms with van der Waals surface area (Å²) >= 11 is 5.80. The van der Waals surface area contributed by atoms with E-state index < -0.39 is 0 Å². The van der Waals surface area contributed by atoms with Crippen molar-refractivity contribution in [2.24, 2.45) is 11.7 Å². The summed E-state index contributed by atoms with van der Waals surface area (Å²) in [5.74, 6) is 0.884. The summed E-state index contributed by atoms with van der Waals surface area (Å²) in [5, 5.41) is 9.52. The highest BCUT2D eigenvalue weighted by atomic mass is 35.5. The molecule has 5 nitrogen and oxygen atoms in total. The molecule has 23 heavy (non-hydrogen) atoms. The van der Waals surface area contributed by atoms with Gasteiger partial charge in [0.15, 0.2) is 0 Å². The average molecular weight is 331 g/mol. The Morgan fingerprint density at radius 3 is 2.78 bits per heavy atom. The van der Waals surface area contributed by atoms with E-state index in [0.717, 1.165) is 12.0 Å². The summed E-state index contributed by atoms with van der Waals surface area (Å²) < 4.78 is 5.77. The molecule has 0 spiro atoms. The Morgan fingerprint density at radius 2 is 2.13 bits per heavy atom. The summed E-state index contributed by atoms with van der Waals surface area (Å²) in [5.41, 5.74) is 7.71. The van der Waals surface area contributed by atoms with E-state index in [1.54, 1.807) is 24.4 Å². The van der Waals surface area contributed by atoms with Crippen molar-refractivity contribution >= 4 is 11.6 Å². The topological polar surface area (TPSA) is 84.8 Å². The molecule has 2 N–H and O–H groups in total. The fourth-order valence-electron chi connectivity index (χ4n) is 2.33. The van der Waals surface area contributed by atoms with Crippen LogP contribution in [0.25, 0.3) is 11.3 Å². The van der Waals surface area contributed by atoms with Crippen LogP contribution in [0.3, 0.4) is 0 Å². The Balaban J connectivity index is 2.16. The third kappa shape index (κ3) is 4.92. The van der Waals surface area contributed by atoms with Gasteiger partial charge in [-0.15, -0.1) is 0 Å². The van der Waals surface area contributed by atoms with Gasteiger partial charge in [0.05, 0.1) is 17.9 Å². The number of hydrogen-bond acceptors (Lipinski definition) is 5. The summed E-state index contributed by atoms with van der Waals surface area (Å²) in [6.45, 7) is 4.57. The first-order chi connectivity index (χ1) is 11.0. The molecule has 0 fully saturated rings. The maximum atomic E-state index is 9.35. The maximum Gasteiger partial charge on any atom is 0.222 e. The number of nitrogens with two attached hydrogens (primary N) is 1. The fraction of sp³-hybridized carbons (Fsp3) is 0.353. The molecule has 0 aliphatic heterocycles. The van der Waals surface area contributed by atoms with E-state index in [0.29, 0.717) is 29.5 Å². The van der Waals surface area contributed by atoms with Gasteiger partial charge in [-0.25, -0.2) is 9.97 Å². The second-order valence-electron chi connectivity index (χ2n) is 5.66. The smallest absolute Gasteiger partial charge is 0.222 e. The molecule has 0 aliphatic rings. The number of ether oxygens (including phenoxy) is 1. The molecule has 120 valence electrons. The van der Waals surface area contributed by atoms with Crippen LogP contribution in [-0.2, 0) is 0 Å². The first kappa shape index (κ1) is 17.2. The molecule has 1 aromatic heterocycles. The molecule has 0 saturated heterocycles. The van der Waals surface area contributed by atoms with Gasteiger partial charge in [-0.1, -0.05) is 6.92 Å². The predicted octanol–water partition coefficient (Wildman–Crippen LogP) is 3.42. The zero-order valence-electron chi connectivity index (χ0n) is 13.2. The normalized spacial score (nSPS) is 13.2. The van der Waals surface area contributed by atoms with Gasteiger partial charge in [0.1, 0.15) is 11.8 Å². The van der Waals surface area contributed by atoms with Gasteiger partial charge < -0.3 is 10.5 Å². The minimum absolute atomic E-state index is 0.133. The Morgan fingerprint density at radius 1 is 1.35 bits per heavy atom. The van der Waals surface area contributed by atoms with E-state index in [-0.39, 0.29) is 11.3 Å². The number of halogens is 1. The van der Waals surface area contributed by atoms with Crippen LogP contribution in [0.2, 0.25) is 5.28 Å². The van der Waals surface area contributed by atoms with E-state index in [9.17, 15) is 5.26 Å². The van der Waals surface area contributed by atoms with E-state index in [1.807, 2.05) is 13.0 Å². The summed E-state index contributed by atoms with van der Waals surface area (Å²) in [7, 11) is 0. The third-order valence-electron chi connectivity index (χ3n) is 3.32. The highest BCUT2D eigenvalue weighted by Crippen LogP contribution is 2.26. The molecule has 0 amide bonds. The largest absolute Gasteiger partial charge is 0.492 e. The van der Waals surface area contributed by atoms with Crippen molar-refractivity contribution in [1.29, 1.82) is 5.26 Å². The van der Waals surface area contributed by atoms with Gasteiger partial charge in [-0.05, 0) is 55.1 Å². The molecule has 0 aliphatic carbocycles. The molecule has 2 atom stereocenters. The van der Waals surface area contributed by atoms with Crippen LogP contribution < -0.4 is 10.5 Å². The van der Waals surface area contributed by atoms with E-state index in [1.165, 1.54) is 0 Å². The summed E-state index contributed by atoms with van der Waals surface area (Å²) in [6.07, 6.45) is 2.45. The molecular weight excluding hydrogens is 312 g/mol. The van der Waals surface area contributed by atoms with E-state index in [4.69, 9.17) is 22.1 Å².